The Kier molecular flexibility index (Phi) is 10.00. The zero-order chi connectivity index (χ0) is 27.0. The first-order chi connectivity index (χ1) is 17.6. The van der Waals surface area contributed by atoms with E-state index in [0.717, 1.165) is 37.8 Å². The molecule has 0 aromatic heterocycles. The Labute approximate surface area is 215 Å². The van der Waals surface area contributed by atoms with Crippen molar-refractivity contribution >= 4 is 23.5 Å². The van der Waals surface area contributed by atoms with Gasteiger partial charge in [0, 0.05) is 12.2 Å². The Hall–Kier alpha value is -3.04. The van der Waals surface area contributed by atoms with Gasteiger partial charge in [-0.15, -0.1) is 0 Å². The summed E-state index contributed by atoms with van der Waals surface area (Å²) in [6.45, 7) is 2.57. The largest absolute Gasteiger partial charge is 0.466 e. The molecular formula is C27H36F3N3O4. The number of nitrogens with one attached hydrogen (secondary N) is 1. The van der Waals surface area contributed by atoms with Crippen LogP contribution in [-0.4, -0.2) is 47.9 Å². The maximum Gasteiger partial charge on any atom is 0.416 e. The molecule has 2 fully saturated rings. The van der Waals surface area contributed by atoms with E-state index in [2.05, 4.69) is 17.5 Å². The van der Waals surface area contributed by atoms with Gasteiger partial charge in [-0.05, 0) is 69.6 Å². The summed E-state index contributed by atoms with van der Waals surface area (Å²) >= 11 is 0. The minimum absolute atomic E-state index is 0.0280. The van der Waals surface area contributed by atoms with Crippen molar-refractivity contribution in [1.29, 1.82) is 0 Å². The van der Waals surface area contributed by atoms with Gasteiger partial charge in [0.2, 0.25) is 11.8 Å². The number of likely N-dealkylation sites (tertiary alicyclic amines) is 1. The van der Waals surface area contributed by atoms with Crippen LogP contribution in [0.15, 0.2) is 36.4 Å². The van der Waals surface area contributed by atoms with E-state index in [0.29, 0.717) is 38.8 Å². The van der Waals surface area contributed by atoms with E-state index < -0.39 is 29.7 Å². The number of amides is 2. The fraction of sp³-hybridized carbons (Fsp3) is 0.593. The molecule has 0 unspecified atom stereocenters. The van der Waals surface area contributed by atoms with Crippen LogP contribution < -0.4 is 11.1 Å². The van der Waals surface area contributed by atoms with Gasteiger partial charge < -0.3 is 20.7 Å². The Balaban J connectivity index is 1.54. The zero-order valence-electron chi connectivity index (χ0n) is 21.1. The SMILES string of the molecule is CCOC(=O)[C@H]1C[C@H]1/C=C\CCCCC[C@H](Nc1cccc(C(F)(F)F)c1)C(=O)N1CCC[C@H]1C(N)=O. The fourth-order valence-electron chi connectivity index (χ4n) is 4.78. The van der Waals surface area contributed by atoms with Crippen LogP contribution in [0.2, 0.25) is 0 Å². The van der Waals surface area contributed by atoms with Gasteiger partial charge in [-0.2, -0.15) is 13.2 Å². The quantitative estimate of drug-likeness (QED) is 0.222. The highest BCUT2D eigenvalue weighted by molar-refractivity contribution is 5.91. The molecule has 1 aliphatic heterocycles. The van der Waals surface area contributed by atoms with Gasteiger partial charge in [0.15, 0.2) is 0 Å². The lowest BCUT2D eigenvalue weighted by Crippen LogP contribution is -2.49. The molecular weight excluding hydrogens is 487 g/mol. The number of unbranched alkanes of at least 4 members (excludes halogenated alkanes) is 3. The molecule has 10 heteroatoms. The molecule has 204 valence electrons. The number of anilines is 1. The van der Waals surface area contributed by atoms with Crippen molar-refractivity contribution in [3.63, 3.8) is 0 Å². The number of ether oxygens (including phenoxy) is 1. The van der Waals surface area contributed by atoms with E-state index in [-0.39, 0.29) is 29.4 Å². The number of nitrogens with zero attached hydrogens (tertiary/aromatic N) is 1. The number of benzene rings is 1. The smallest absolute Gasteiger partial charge is 0.416 e. The Morgan fingerprint density at radius 1 is 1.24 bits per heavy atom. The predicted molar refractivity (Wildman–Crippen MR) is 133 cm³/mol. The van der Waals surface area contributed by atoms with Crippen LogP contribution in [0, 0.1) is 11.8 Å². The van der Waals surface area contributed by atoms with Gasteiger partial charge in [-0.1, -0.05) is 31.1 Å². The summed E-state index contributed by atoms with van der Waals surface area (Å²) in [5, 5.41) is 2.98. The van der Waals surface area contributed by atoms with Crippen molar-refractivity contribution in [2.45, 2.75) is 76.6 Å². The molecule has 3 rings (SSSR count). The Bertz CT molecular complexity index is 982. The number of alkyl halides is 3. The van der Waals surface area contributed by atoms with Gasteiger partial charge >= 0.3 is 12.1 Å². The first-order valence-corrected chi connectivity index (χ1v) is 13.0. The minimum atomic E-state index is -4.49. The van der Waals surface area contributed by atoms with Crippen molar-refractivity contribution in [1.82, 2.24) is 4.90 Å². The number of nitrogens with two attached hydrogens (primary N) is 1. The summed E-state index contributed by atoms with van der Waals surface area (Å²) in [4.78, 5) is 38.3. The summed E-state index contributed by atoms with van der Waals surface area (Å²) in [6.07, 6.45) is 5.22. The lowest BCUT2D eigenvalue weighted by atomic mass is 10.0. The average molecular weight is 524 g/mol. The number of carbonyl (C=O) groups excluding carboxylic acids is 3. The summed E-state index contributed by atoms with van der Waals surface area (Å²) in [5.74, 6) is -0.817. The third-order valence-electron chi connectivity index (χ3n) is 6.87. The van der Waals surface area contributed by atoms with Gasteiger partial charge in [0.25, 0.3) is 0 Å². The Morgan fingerprint density at radius 3 is 2.73 bits per heavy atom. The average Bonchev–Trinajstić information content (AvgIpc) is 3.45. The summed E-state index contributed by atoms with van der Waals surface area (Å²) in [7, 11) is 0. The molecule has 37 heavy (non-hydrogen) atoms. The van der Waals surface area contributed by atoms with Crippen molar-refractivity contribution in [2.75, 3.05) is 18.5 Å². The standard InChI is InChI=1S/C27H36F3N3O4/c1-2-37-26(36)21-16-18(21)10-6-4-3-5-7-13-22(25(35)33-15-9-14-23(33)24(31)34)32-20-12-8-11-19(17-20)27(28,29)30/h6,8,10-12,17-18,21-23,32H,2-5,7,9,13-16H2,1H3,(H2,31,34)/b10-6-/t18-,21+,22+,23+/m1/s1. The highest BCUT2D eigenvalue weighted by Gasteiger charge is 2.42. The second-order valence-electron chi connectivity index (χ2n) is 9.69. The summed E-state index contributed by atoms with van der Waals surface area (Å²) in [5.41, 5.74) is 4.87. The topological polar surface area (TPSA) is 102 Å². The normalized spacial score (nSPS) is 22.2. The van der Waals surface area contributed by atoms with E-state index >= 15 is 0 Å². The number of esters is 1. The molecule has 2 amide bonds. The van der Waals surface area contributed by atoms with E-state index in [1.54, 1.807) is 6.92 Å². The minimum Gasteiger partial charge on any atom is -0.466 e. The molecule has 0 bridgehead atoms. The molecule has 4 atom stereocenters. The number of rotatable bonds is 13. The predicted octanol–water partition coefficient (Wildman–Crippen LogP) is 4.67. The third-order valence-corrected chi connectivity index (χ3v) is 6.87. The molecule has 3 N–H and O–H groups in total. The van der Waals surface area contributed by atoms with E-state index in [4.69, 9.17) is 10.5 Å². The zero-order valence-corrected chi connectivity index (χ0v) is 21.1. The number of halogens is 3. The van der Waals surface area contributed by atoms with Gasteiger partial charge in [-0.25, -0.2) is 0 Å². The van der Waals surface area contributed by atoms with E-state index in [1.165, 1.54) is 17.0 Å². The maximum atomic E-state index is 13.3. The second-order valence-corrected chi connectivity index (χ2v) is 9.69. The fourth-order valence-corrected chi connectivity index (χ4v) is 4.78. The molecule has 1 aliphatic carbocycles. The van der Waals surface area contributed by atoms with Gasteiger partial charge in [0.05, 0.1) is 18.1 Å². The number of hydrogen-bond donors (Lipinski definition) is 2. The molecule has 1 heterocycles. The monoisotopic (exact) mass is 523 g/mol. The number of allylic oxidation sites excluding steroid dienone is 2. The molecule has 1 saturated heterocycles. The van der Waals surface area contributed by atoms with Crippen molar-refractivity contribution in [3.05, 3.63) is 42.0 Å². The van der Waals surface area contributed by atoms with Crippen LogP contribution >= 0.6 is 0 Å². The van der Waals surface area contributed by atoms with Gasteiger partial charge in [-0.3, -0.25) is 14.4 Å². The number of primary amides is 1. The molecule has 1 aromatic rings. The van der Waals surface area contributed by atoms with Crippen LogP contribution in [0.5, 0.6) is 0 Å². The molecule has 1 aromatic carbocycles. The van der Waals surface area contributed by atoms with Crippen molar-refractivity contribution < 1.29 is 32.3 Å². The van der Waals surface area contributed by atoms with Crippen molar-refractivity contribution in [3.8, 4) is 0 Å². The molecule has 2 aliphatic rings. The third kappa shape index (κ3) is 8.23. The van der Waals surface area contributed by atoms with Crippen molar-refractivity contribution in [2.24, 2.45) is 17.6 Å². The second kappa shape index (κ2) is 13.0. The van der Waals surface area contributed by atoms with Crippen LogP contribution in [0.25, 0.3) is 0 Å². The van der Waals surface area contributed by atoms with Crippen LogP contribution in [0.3, 0.4) is 0 Å². The lowest BCUT2D eigenvalue weighted by molar-refractivity contribution is -0.145. The van der Waals surface area contributed by atoms with Crippen LogP contribution in [0.4, 0.5) is 18.9 Å². The molecule has 1 saturated carbocycles. The number of hydrogen-bond acceptors (Lipinski definition) is 5. The van der Waals surface area contributed by atoms with E-state index in [9.17, 15) is 27.6 Å². The molecule has 0 spiro atoms. The first-order valence-electron chi connectivity index (χ1n) is 13.0. The van der Waals surface area contributed by atoms with Crippen LogP contribution in [0.1, 0.15) is 63.9 Å². The maximum absolute atomic E-state index is 13.3. The Morgan fingerprint density at radius 2 is 2.03 bits per heavy atom. The first kappa shape index (κ1) is 28.5. The molecule has 7 nitrogen and oxygen atoms in total. The van der Waals surface area contributed by atoms with Gasteiger partial charge in [0.1, 0.15) is 12.1 Å². The highest BCUT2D eigenvalue weighted by Crippen LogP contribution is 2.40. The highest BCUT2D eigenvalue weighted by atomic mass is 19.4. The molecule has 0 radical (unpaired) electrons. The summed E-state index contributed by atoms with van der Waals surface area (Å²) < 4.78 is 44.5. The number of carbonyl (C=O) groups is 3. The van der Waals surface area contributed by atoms with E-state index in [1.807, 2.05) is 0 Å². The van der Waals surface area contributed by atoms with Crippen LogP contribution in [-0.2, 0) is 25.3 Å². The summed E-state index contributed by atoms with van der Waals surface area (Å²) in [6, 6.07) is 3.31. The lowest BCUT2D eigenvalue weighted by Gasteiger charge is -2.28.